The second-order valence-electron chi connectivity index (χ2n) is 7.82. The van der Waals surface area contributed by atoms with Gasteiger partial charge in [0.2, 0.25) is 0 Å². The van der Waals surface area contributed by atoms with E-state index in [2.05, 4.69) is 20.3 Å². The Bertz CT molecular complexity index is 1310. The molecular weight excluding hydrogens is 489 g/mol. The first-order chi connectivity index (χ1) is 17.1. The molecule has 1 fully saturated rings. The zero-order chi connectivity index (χ0) is 24.2. The number of carbonyl (C=O) groups is 1. The first-order valence-corrected chi connectivity index (χ1v) is 12.4. The summed E-state index contributed by atoms with van der Waals surface area (Å²) in [5, 5.41) is 9.73. The maximum atomic E-state index is 14.2. The molecule has 1 aliphatic heterocycles. The van der Waals surface area contributed by atoms with Gasteiger partial charge in [0.15, 0.2) is 10.9 Å². The van der Waals surface area contributed by atoms with Crippen LogP contribution >= 0.6 is 23.4 Å². The second-order valence-corrected chi connectivity index (χ2v) is 9.20. The lowest BCUT2D eigenvalue weighted by Gasteiger charge is -2.36. The van der Waals surface area contributed by atoms with Gasteiger partial charge in [-0.1, -0.05) is 40.7 Å². The Balaban J connectivity index is 1.38. The first kappa shape index (κ1) is 23.3. The Morgan fingerprint density at radius 1 is 0.971 bits per heavy atom. The van der Waals surface area contributed by atoms with Crippen LogP contribution in [-0.2, 0) is 5.75 Å². The molecule has 1 amide bonds. The van der Waals surface area contributed by atoms with Gasteiger partial charge in [-0.3, -0.25) is 4.79 Å². The maximum Gasteiger partial charge on any atom is 0.276 e. The van der Waals surface area contributed by atoms with Crippen molar-refractivity contribution in [3.05, 3.63) is 89.2 Å². The van der Waals surface area contributed by atoms with E-state index in [0.717, 1.165) is 5.69 Å². The van der Waals surface area contributed by atoms with Gasteiger partial charge >= 0.3 is 0 Å². The molecule has 0 aliphatic carbocycles. The SMILES string of the molecule is O=C(c1nnn(-c2ccc(Cl)cc2)c1CSc1ncccn1)N1CCN(c2ccccc2F)CC1. The summed E-state index contributed by atoms with van der Waals surface area (Å²) in [6.07, 6.45) is 3.34. The summed E-state index contributed by atoms with van der Waals surface area (Å²) in [6.45, 7) is 1.96. The van der Waals surface area contributed by atoms with E-state index in [9.17, 15) is 9.18 Å². The van der Waals surface area contributed by atoms with Crippen LogP contribution in [0.4, 0.5) is 10.1 Å². The van der Waals surface area contributed by atoms with E-state index in [0.29, 0.717) is 53.5 Å². The van der Waals surface area contributed by atoms with E-state index >= 15 is 0 Å². The molecule has 11 heteroatoms. The predicted octanol–water partition coefficient (Wildman–Crippen LogP) is 4.10. The number of piperazine rings is 1. The molecule has 0 unspecified atom stereocenters. The quantitative estimate of drug-likeness (QED) is 0.286. The lowest BCUT2D eigenvalue weighted by atomic mass is 10.2. The number of thioether (sulfide) groups is 1. The van der Waals surface area contributed by atoms with Crippen LogP contribution in [0.25, 0.3) is 5.69 Å². The number of aromatic nitrogens is 5. The molecule has 1 aliphatic rings. The van der Waals surface area contributed by atoms with Crippen molar-refractivity contribution in [3.63, 3.8) is 0 Å². The third kappa shape index (κ3) is 5.13. The van der Waals surface area contributed by atoms with E-state index in [1.807, 2.05) is 23.1 Å². The molecule has 0 spiro atoms. The van der Waals surface area contributed by atoms with E-state index < -0.39 is 0 Å². The normalized spacial score (nSPS) is 13.8. The molecule has 0 N–H and O–H groups in total. The first-order valence-electron chi connectivity index (χ1n) is 11.0. The largest absolute Gasteiger partial charge is 0.366 e. The van der Waals surface area contributed by atoms with E-state index in [-0.39, 0.29) is 17.4 Å². The van der Waals surface area contributed by atoms with E-state index in [1.165, 1.54) is 17.8 Å². The van der Waals surface area contributed by atoms with Gasteiger partial charge in [0.25, 0.3) is 5.91 Å². The zero-order valence-corrected chi connectivity index (χ0v) is 20.2. The molecule has 8 nitrogen and oxygen atoms in total. The van der Waals surface area contributed by atoms with Crippen molar-refractivity contribution in [3.8, 4) is 5.69 Å². The lowest BCUT2D eigenvalue weighted by Crippen LogP contribution is -2.49. The molecule has 2 aromatic carbocycles. The number of carbonyl (C=O) groups excluding carboxylic acids is 1. The van der Waals surface area contributed by atoms with Crippen LogP contribution in [0.2, 0.25) is 5.02 Å². The highest BCUT2D eigenvalue weighted by molar-refractivity contribution is 7.98. The van der Waals surface area contributed by atoms with Gasteiger partial charge in [-0.15, -0.1) is 5.10 Å². The van der Waals surface area contributed by atoms with Crippen LogP contribution in [0.15, 0.2) is 72.1 Å². The van der Waals surface area contributed by atoms with Crippen molar-refractivity contribution < 1.29 is 9.18 Å². The zero-order valence-electron chi connectivity index (χ0n) is 18.6. The van der Waals surface area contributed by atoms with Gasteiger partial charge < -0.3 is 9.80 Å². The number of amides is 1. The van der Waals surface area contributed by atoms with Crippen LogP contribution < -0.4 is 4.90 Å². The molecule has 178 valence electrons. The summed E-state index contributed by atoms with van der Waals surface area (Å²) in [6, 6.07) is 15.6. The van der Waals surface area contributed by atoms with Gasteiger partial charge in [-0.05, 0) is 42.5 Å². The molecule has 1 saturated heterocycles. The molecule has 0 bridgehead atoms. The summed E-state index contributed by atoms with van der Waals surface area (Å²) in [5.74, 6) is -0.0702. The van der Waals surface area contributed by atoms with Crippen molar-refractivity contribution in [2.75, 3.05) is 31.1 Å². The minimum Gasteiger partial charge on any atom is -0.366 e. The molecule has 0 atom stereocenters. The fourth-order valence-corrected chi connectivity index (χ4v) is 4.81. The van der Waals surface area contributed by atoms with Gasteiger partial charge in [-0.25, -0.2) is 19.0 Å². The molecule has 3 heterocycles. The molecule has 2 aromatic heterocycles. The Morgan fingerprint density at radius 2 is 1.69 bits per heavy atom. The molecule has 0 saturated carbocycles. The topological polar surface area (TPSA) is 80.0 Å². The van der Waals surface area contributed by atoms with Crippen LogP contribution in [0.3, 0.4) is 0 Å². The second kappa shape index (κ2) is 10.4. The highest BCUT2D eigenvalue weighted by Crippen LogP contribution is 2.25. The van der Waals surface area contributed by atoms with Crippen LogP contribution in [-0.4, -0.2) is 61.9 Å². The predicted molar refractivity (Wildman–Crippen MR) is 132 cm³/mol. The van der Waals surface area contributed by atoms with Crippen LogP contribution in [0.1, 0.15) is 16.2 Å². The van der Waals surface area contributed by atoms with Gasteiger partial charge in [0.05, 0.1) is 17.1 Å². The highest BCUT2D eigenvalue weighted by Gasteiger charge is 2.29. The third-order valence-electron chi connectivity index (χ3n) is 5.68. The van der Waals surface area contributed by atoms with Crippen molar-refractivity contribution >= 4 is 35.0 Å². The van der Waals surface area contributed by atoms with Gasteiger partial charge in [0.1, 0.15) is 5.82 Å². The number of nitrogens with zero attached hydrogens (tertiary/aromatic N) is 7. The fourth-order valence-electron chi connectivity index (χ4n) is 3.89. The molecule has 0 radical (unpaired) electrons. The standard InChI is InChI=1S/C24H21ClFN7OS/c25-17-6-8-18(9-7-17)33-21(16-35-24-27-10-3-11-28-24)22(29-30-33)23(34)32-14-12-31(13-15-32)20-5-2-1-4-19(20)26/h1-11H,12-16H2. The number of hydrogen-bond acceptors (Lipinski definition) is 7. The average Bonchev–Trinajstić information content (AvgIpc) is 3.32. The van der Waals surface area contributed by atoms with E-state index in [4.69, 9.17) is 11.6 Å². The van der Waals surface area contributed by atoms with Crippen LogP contribution in [0.5, 0.6) is 0 Å². The summed E-state index contributed by atoms with van der Waals surface area (Å²) in [4.78, 5) is 25.7. The highest BCUT2D eigenvalue weighted by atomic mass is 35.5. The number of anilines is 1. The molecule has 5 rings (SSSR count). The number of hydrogen-bond donors (Lipinski definition) is 0. The number of para-hydroxylation sites is 1. The number of benzene rings is 2. The lowest BCUT2D eigenvalue weighted by molar-refractivity contribution is 0.0739. The average molecular weight is 510 g/mol. The molecule has 4 aromatic rings. The number of rotatable bonds is 6. The van der Waals surface area contributed by atoms with Gasteiger partial charge in [-0.2, -0.15) is 0 Å². The molecular formula is C24H21ClFN7OS. The van der Waals surface area contributed by atoms with Crippen molar-refractivity contribution in [1.82, 2.24) is 29.9 Å². The monoisotopic (exact) mass is 509 g/mol. The molecule has 35 heavy (non-hydrogen) atoms. The number of halogens is 2. The Hall–Kier alpha value is -3.50. The Labute approximate surface area is 210 Å². The van der Waals surface area contributed by atoms with Crippen LogP contribution in [0, 0.1) is 5.82 Å². The Morgan fingerprint density at radius 3 is 2.40 bits per heavy atom. The summed E-state index contributed by atoms with van der Waals surface area (Å²) < 4.78 is 15.8. The minimum absolute atomic E-state index is 0.206. The Kier molecular flexibility index (Phi) is 6.91. The smallest absolute Gasteiger partial charge is 0.276 e. The summed E-state index contributed by atoms with van der Waals surface area (Å²) in [7, 11) is 0. The van der Waals surface area contributed by atoms with Gasteiger partial charge in [0, 0.05) is 49.3 Å². The van der Waals surface area contributed by atoms with Crippen molar-refractivity contribution in [2.24, 2.45) is 0 Å². The van der Waals surface area contributed by atoms with Crippen molar-refractivity contribution in [1.29, 1.82) is 0 Å². The summed E-state index contributed by atoms with van der Waals surface area (Å²) >= 11 is 7.45. The van der Waals surface area contributed by atoms with E-state index in [1.54, 1.807) is 52.3 Å². The fraction of sp³-hybridized carbons (Fsp3) is 0.208. The minimum atomic E-state index is -0.263. The van der Waals surface area contributed by atoms with Crippen molar-refractivity contribution in [2.45, 2.75) is 10.9 Å². The third-order valence-corrected chi connectivity index (χ3v) is 6.82. The maximum absolute atomic E-state index is 14.2. The summed E-state index contributed by atoms with van der Waals surface area (Å²) in [5.41, 5.74) is 2.22.